The number of hydrogen-bond donors (Lipinski definition) is 2. The molecule has 0 bridgehead atoms. The molecule has 0 spiro atoms. The summed E-state index contributed by atoms with van der Waals surface area (Å²) in [4.78, 5) is 0. The maximum absolute atomic E-state index is 13.3. The van der Waals surface area contributed by atoms with Gasteiger partial charge in [0.05, 0.1) is 23.0 Å². The van der Waals surface area contributed by atoms with Gasteiger partial charge in [0.1, 0.15) is 11.6 Å². The minimum atomic E-state index is -0.358. The zero-order valence-electron chi connectivity index (χ0n) is 11.1. The summed E-state index contributed by atoms with van der Waals surface area (Å²) in [5, 5.41) is 3.21. The number of hydrogen-bond acceptors (Lipinski definition) is 3. The maximum Gasteiger partial charge on any atom is 0.139 e. The van der Waals surface area contributed by atoms with Crippen LogP contribution in [0.25, 0.3) is 0 Å². The van der Waals surface area contributed by atoms with Crippen LogP contribution >= 0.6 is 15.9 Å². The first-order chi connectivity index (χ1) is 9.60. The van der Waals surface area contributed by atoms with E-state index in [1.807, 2.05) is 24.3 Å². The van der Waals surface area contributed by atoms with Crippen LogP contribution in [0.4, 0.5) is 15.8 Å². The number of nitrogens with one attached hydrogen (secondary N) is 1. The molecule has 0 amide bonds. The molecule has 0 aliphatic heterocycles. The van der Waals surface area contributed by atoms with Crippen molar-refractivity contribution in [3.8, 4) is 5.75 Å². The van der Waals surface area contributed by atoms with Crippen molar-refractivity contribution >= 4 is 27.3 Å². The van der Waals surface area contributed by atoms with Gasteiger partial charge in [-0.3, -0.25) is 0 Å². The fourth-order valence-electron chi connectivity index (χ4n) is 1.85. The van der Waals surface area contributed by atoms with Crippen LogP contribution < -0.4 is 15.8 Å². The van der Waals surface area contributed by atoms with Crippen molar-refractivity contribution in [3.63, 3.8) is 0 Å². The van der Waals surface area contributed by atoms with Crippen LogP contribution in [0.1, 0.15) is 5.56 Å². The van der Waals surface area contributed by atoms with Crippen molar-refractivity contribution in [1.82, 2.24) is 0 Å². The van der Waals surface area contributed by atoms with Crippen molar-refractivity contribution in [2.45, 2.75) is 6.42 Å². The van der Waals surface area contributed by atoms with Crippen LogP contribution in [-0.2, 0) is 6.42 Å². The minimum Gasteiger partial charge on any atom is -0.497 e. The van der Waals surface area contributed by atoms with Crippen molar-refractivity contribution in [3.05, 3.63) is 52.3 Å². The molecule has 2 aromatic rings. The zero-order valence-corrected chi connectivity index (χ0v) is 12.7. The molecular formula is C15H16BrFN2O. The van der Waals surface area contributed by atoms with E-state index in [1.165, 1.54) is 11.6 Å². The predicted octanol–water partition coefficient (Wildman–Crippen LogP) is 3.83. The molecule has 5 heteroatoms. The molecule has 3 nitrogen and oxygen atoms in total. The van der Waals surface area contributed by atoms with Crippen molar-refractivity contribution in [1.29, 1.82) is 0 Å². The molecule has 20 heavy (non-hydrogen) atoms. The Balaban J connectivity index is 1.94. The van der Waals surface area contributed by atoms with Gasteiger partial charge in [-0.15, -0.1) is 0 Å². The second-order valence-corrected chi connectivity index (χ2v) is 5.23. The zero-order chi connectivity index (χ0) is 14.5. The molecule has 2 rings (SSSR count). The summed E-state index contributed by atoms with van der Waals surface area (Å²) >= 11 is 3.15. The molecule has 106 valence electrons. The highest BCUT2D eigenvalue weighted by Gasteiger charge is 2.05. The summed E-state index contributed by atoms with van der Waals surface area (Å²) < 4.78 is 18.8. The Hall–Kier alpha value is -1.75. The molecule has 0 saturated heterocycles. The third-order valence-corrected chi connectivity index (χ3v) is 3.59. The van der Waals surface area contributed by atoms with E-state index in [0.29, 0.717) is 16.7 Å². The van der Waals surface area contributed by atoms with E-state index >= 15 is 0 Å². The number of halogens is 2. The van der Waals surface area contributed by atoms with Crippen LogP contribution in [0.3, 0.4) is 0 Å². The lowest BCUT2D eigenvalue weighted by molar-refractivity contribution is 0.414. The summed E-state index contributed by atoms with van der Waals surface area (Å²) in [5.74, 6) is 0.483. The number of nitrogens with two attached hydrogens (primary N) is 1. The lowest BCUT2D eigenvalue weighted by Gasteiger charge is -2.10. The second-order valence-electron chi connectivity index (χ2n) is 4.38. The normalized spacial score (nSPS) is 10.3. The standard InChI is InChI=1S/C15H16BrFN2O/c1-20-11-4-2-10(3-5-11)6-7-19-15-8-12(16)13(17)9-14(15)18/h2-5,8-9,19H,6-7,18H2,1H3. The smallest absolute Gasteiger partial charge is 0.139 e. The van der Waals surface area contributed by atoms with Crippen LogP contribution in [0, 0.1) is 5.82 Å². The van der Waals surface area contributed by atoms with Crippen molar-refractivity contribution < 1.29 is 9.13 Å². The largest absolute Gasteiger partial charge is 0.497 e. The topological polar surface area (TPSA) is 47.3 Å². The molecule has 0 atom stereocenters. The van der Waals surface area contributed by atoms with Gasteiger partial charge in [0.2, 0.25) is 0 Å². The van der Waals surface area contributed by atoms with Gasteiger partial charge in [-0.1, -0.05) is 12.1 Å². The molecule has 0 fully saturated rings. The van der Waals surface area contributed by atoms with Crippen molar-refractivity contribution in [2.75, 3.05) is 24.7 Å². The number of anilines is 2. The third-order valence-electron chi connectivity index (χ3n) is 2.98. The average molecular weight is 339 g/mol. The average Bonchev–Trinajstić information content (AvgIpc) is 2.45. The van der Waals surface area contributed by atoms with E-state index in [-0.39, 0.29) is 5.82 Å². The van der Waals surface area contributed by atoms with Crippen LogP contribution in [0.15, 0.2) is 40.9 Å². The van der Waals surface area contributed by atoms with Crippen molar-refractivity contribution in [2.24, 2.45) is 0 Å². The fraction of sp³-hybridized carbons (Fsp3) is 0.200. The molecule has 0 heterocycles. The van der Waals surface area contributed by atoms with Crippen LogP contribution in [-0.4, -0.2) is 13.7 Å². The maximum atomic E-state index is 13.3. The number of ether oxygens (including phenoxy) is 1. The monoisotopic (exact) mass is 338 g/mol. The number of rotatable bonds is 5. The Kier molecular flexibility index (Phi) is 4.84. The van der Waals surface area contributed by atoms with Gasteiger partial charge in [0.25, 0.3) is 0 Å². The van der Waals surface area contributed by atoms with Gasteiger partial charge in [-0.05, 0) is 46.1 Å². The molecule has 0 unspecified atom stereocenters. The summed E-state index contributed by atoms with van der Waals surface area (Å²) in [6, 6.07) is 10.9. The first-order valence-corrected chi connectivity index (χ1v) is 7.01. The summed E-state index contributed by atoms with van der Waals surface area (Å²) in [6.45, 7) is 0.717. The van der Waals surface area contributed by atoms with Gasteiger partial charge in [0, 0.05) is 12.6 Å². The molecule has 2 aromatic carbocycles. The highest BCUT2D eigenvalue weighted by atomic mass is 79.9. The van der Waals surface area contributed by atoms with E-state index < -0.39 is 0 Å². The Labute approximate surface area is 126 Å². The molecule has 3 N–H and O–H groups in total. The summed E-state index contributed by atoms with van der Waals surface area (Å²) in [5.41, 5.74) is 8.09. The van der Waals surface area contributed by atoms with E-state index in [1.54, 1.807) is 13.2 Å². The molecular weight excluding hydrogens is 323 g/mol. The summed E-state index contributed by atoms with van der Waals surface area (Å²) in [7, 11) is 1.64. The second kappa shape index (κ2) is 6.61. The third kappa shape index (κ3) is 3.63. The van der Waals surface area contributed by atoms with E-state index in [4.69, 9.17) is 10.5 Å². The predicted molar refractivity (Wildman–Crippen MR) is 83.7 cm³/mol. The van der Waals surface area contributed by atoms with Gasteiger partial charge in [0.15, 0.2) is 0 Å². The number of benzene rings is 2. The quantitative estimate of drug-likeness (QED) is 0.814. The van der Waals surface area contributed by atoms with Gasteiger partial charge >= 0.3 is 0 Å². The number of nitrogen functional groups attached to an aromatic ring is 1. The SMILES string of the molecule is COc1ccc(CCNc2cc(Br)c(F)cc2N)cc1. The van der Waals surface area contributed by atoms with E-state index in [2.05, 4.69) is 21.2 Å². The van der Waals surface area contributed by atoms with Gasteiger partial charge < -0.3 is 15.8 Å². The van der Waals surface area contributed by atoms with E-state index in [9.17, 15) is 4.39 Å². The fourth-order valence-corrected chi connectivity index (χ4v) is 2.19. The molecule has 0 aliphatic carbocycles. The molecule has 0 saturated carbocycles. The lowest BCUT2D eigenvalue weighted by Crippen LogP contribution is -2.07. The lowest BCUT2D eigenvalue weighted by atomic mass is 10.1. The number of methoxy groups -OCH3 is 1. The highest BCUT2D eigenvalue weighted by molar-refractivity contribution is 9.10. The van der Waals surface area contributed by atoms with Gasteiger partial charge in [-0.2, -0.15) is 0 Å². The Morgan fingerprint density at radius 1 is 1.25 bits per heavy atom. The minimum absolute atomic E-state index is 0.358. The first kappa shape index (κ1) is 14.7. The highest BCUT2D eigenvalue weighted by Crippen LogP contribution is 2.26. The van der Waals surface area contributed by atoms with Crippen LogP contribution in [0.2, 0.25) is 0 Å². The Morgan fingerprint density at radius 2 is 1.95 bits per heavy atom. The Bertz CT molecular complexity index is 587. The van der Waals surface area contributed by atoms with Gasteiger partial charge in [-0.25, -0.2) is 4.39 Å². The summed E-state index contributed by atoms with van der Waals surface area (Å²) in [6.07, 6.45) is 0.846. The molecule has 0 aliphatic rings. The Morgan fingerprint density at radius 3 is 2.60 bits per heavy atom. The molecule has 0 radical (unpaired) electrons. The van der Waals surface area contributed by atoms with E-state index in [0.717, 1.165) is 17.9 Å². The first-order valence-electron chi connectivity index (χ1n) is 6.21. The molecule has 0 aromatic heterocycles. The van der Waals surface area contributed by atoms with Crippen LogP contribution in [0.5, 0.6) is 5.75 Å².